The van der Waals surface area contributed by atoms with E-state index in [1.165, 1.54) is 40.8 Å². The molecule has 0 spiro atoms. The van der Waals surface area contributed by atoms with E-state index in [1.54, 1.807) is 4.90 Å². The largest absolute Gasteiger partial charge is 0.392 e. The molecule has 1 amide bonds. The van der Waals surface area contributed by atoms with Gasteiger partial charge in [0.15, 0.2) is 0 Å². The van der Waals surface area contributed by atoms with E-state index in [4.69, 9.17) is 0 Å². The van der Waals surface area contributed by atoms with Crippen LogP contribution in [0, 0.1) is 17.6 Å². The van der Waals surface area contributed by atoms with Crippen LogP contribution >= 0.6 is 0 Å². The number of hydrogen-bond donors (Lipinski definition) is 2. The van der Waals surface area contributed by atoms with Crippen molar-refractivity contribution < 1.29 is 18.7 Å². The second-order valence-corrected chi connectivity index (χ2v) is 10.1. The molecule has 0 bridgehead atoms. The molecule has 0 radical (unpaired) electrons. The molecule has 2 fully saturated rings. The van der Waals surface area contributed by atoms with Crippen LogP contribution in [0.3, 0.4) is 0 Å². The fraction of sp³-hybridized carbons (Fsp3) is 0.414. The van der Waals surface area contributed by atoms with Crippen LogP contribution in [-0.4, -0.2) is 64.6 Å². The highest BCUT2D eigenvalue weighted by molar-refractivity contribution is 5.91. The lowest BCUT2D eigenvalue weighted by molar-refractivity contribution is -0.128. The van der Waals surface area contributed by atoms with Crippen LogP contribution in [0.2, 0.25) is 0 Å². The van der Waals surface area contributed by atoms with Crippen molar-refractivity contribution in [1.82, 2.24) is 14.8 Å². The van der Waals surface area contributed by atoms with Crippen LogP contribution in [0.4, 0.5) is 8.78 Å². The first-order chi connectivity index (χ1) is 17.5. The van der Waals surface area contributed by atoms with Gasteiger partial charge in [-0.2, -0.15) is 0 Å². The molecule has 2 aliphatic heterocycles. The first-order valence-electron chi connectivity index (χ1n) is 12.9. The van der Waals surface area contributed by atoms with Crippen molar-refractivity contribution in [2.75, 3.05) is 32.7 Å². The highest BCUT2D eigenvalue weighted by atomic mass is 19.1. The maximum absolute atomic E-state index is 13.3. The summed E-state index contributed by atoms with van der Waals surface area (Å²) in [6, 6.07) is 11.6. The normalized spacial score (nSPS) is 19.4. The molecular formula is C29H33F2N3O2. The van der Waals surface area contributed by atoms with Gasteiger partial charge in [0.2, 0.25) is 5.91 Å². The number of aliphatic hydroxyl groups excluding tert-OH is 1. The number of fused-ring (bicyclic) bond motifs is 1. The van der Waals surface area contributed by atoms with Gasteiger partial charge in [0.05, 0.1) is 6.10 Å². The number of aromatic amines is 1. The number of likely N-dealkylation sites (tertiary alicyclic amines) is 2. The minimum atomic E-state index is -0.668. The number of rotatable bonds is 6. The third-order valence-electron chi connectivity index (χ3n) is 7.79. The molecule has 36 heavy (non-hydrogen) atoms. The molecule has 7 heteroatoms. The van der Waals surface area contributed by atoms with Gasteiger partial charge in [-0.05, 0) is 86.0 Å². The van der Waals surface area contributed by atoms with Gasteiger partial charge in [0.1, 0.15) is 11.6 Å². The molecule has 1 unspecified atom stereocenters. The number of β-amino-alcohol motifs (C(OH)–C–C–N with tert-alkyl or cyclic N) is 1. The molecule has 190 valence electrons. The molecule has 2 aromatic carbocycles. The summed E-state index contributed by atoms with van der Waals surface area (Å²) in [6.45, 7) is 3.77. The van der Waals surface area contributed by atoms with Crippen molar-refractivity contribution in [2.45, 2.75) is 37.7 Å². The molecule has 3 heterocycles. The molecule has 3 aromatic rings. The van der Waals surface area contributed by atoms with Crippen LogP contribution < -0.4 is 0 Å². The van der Waals surface area contributed by atoms with Crippen molar-refractivity contribution >= 4 is 22.9 Å². The fourth-order valence-corrected chi connectivity index (χ4v) is 5.72. The maximum atomic E-state index is 13.3. The number of H-pyrrole nitrogens is 1. The van der Waals surface area contributed by atoms with E-state index in [0.29, 0.717) is 31.1 Å². The van der Waals surface area contributed by atoms with Gasteiger partial charge in [-0.15, -0.1) is 0 Å². The number of carbonyl (C=O) groups is 1. The number of hydrogen-bond acceptors (Lipinski definition) is 3. The zero-order valence-electron chi connectivity index (χ0n) is 20.4. The predicted molar refractivity (Wildman–Crippen MR) is 137 cm³/mol. The number of nitrogens with one attached hydrogen (secondary N) is 1. The fourth-order valence-electron chi connectivity index (χ4n) is 5.72. The number of aromatic nitrogens is 1. The maximum Gasteiger partial charge on any atom is 0.246 e. The van der Waals surface area contributed by atoms with E-state index < -0.39 is 17.7 Å². The highest BCUT2D eigenvalue weighted by Gasteiger charge is 2.30. The van der Waals surface area contributed by atoms with Gasteiger partial charge in [0.25, 0.3) is 0 Å². The van der Waals surface area contributed by atoms with Crippen molar-refractivity contribution in [3.05, 3.63) is 77.5 Å². The zero-order chi connectivity index (χ0) is 25.1. The van der Waals surface area contributed by atoms with E-state index in [1.807, 2.05) is 0 Å². The first kappa shape index (κ1) is 24.7. The summed E-state index contributed by atoms with van der Waals surface area (Å²) in [6.07, 6.45) is 8.23. The van der Waals surface area contributed by atoms with E-state index in [0.717, 1.165) is 44.8 Å². The lowest BCUT2D eigenvalue weighted by Crippen LogP contribution is -2.45. The summed E-state index contributed by atoms with van der Waals surface area (Å²) in [4.78, 5) is 20.0. The van der Waals surface area contributed by atoms with Crippen LogP contribution in [0.5, 0.6) is 0 Å². The summed E-state index contributed by atoms with van der Waals surface area (Å²) in [7, 11) is 0. The Morgan fingerprint density at radius 3 is 2.44 bits per heavy atom. The van der Waals surface area contributed by atoms with Crippen molar-refractivity contribution in [3.63, 3.8) is 0 Å². The van der Waals surface area contributed by atoms with Crippen molar-refractivity contribution in [2.24, 2.45) is 5.92 Å². The third kappa shape index (κ3) is 5.68. The molecular weight excluding hydrogens is 460 g/mol. The first-order valence-corrected chi connectivity index (χ1v) is 12.9. The number of benzene rings is 2. The van der Waals surface area contributed by atoms with E-state index in [-0.39, 0.29) is 11.8 Å². The Bertz CT molecular complexity index is 1200. The van der Waals surface area contributed by atoms with Gasteiger partial charge in [-0.25, -0.2) is 8.78 Å². The summed E-state index contributed by atoms with van der Waals surface area (Å²) >= 11 is 0. The van der Waals surface area contributed by atoms with Crippen LogP contribution in [0.15, 0.2) is 54.7 Å². The third-order valence-corrected chi connectivity index (χ3v) is 7.79. The molecule has 2 N–H and O–H groups in total. The van der Waals surface area contributed by atoms with Crippen molar-refractivity contribution in [3.8, 4) is 0 Å². The van der Waals surface area contributed by atoms with Gasteiger partial charge in [-0.1, -0.05) is 18.2 Å². The number of carbonyl (C=O) groups excluding carboxylic acids is 1. The smallest absolute Gasteiger partial charge is 0.246 e. The van der Waals surface area contributed by atoms with Gasteiger partial charge in [-0.3, -0.25) is 4.79 Å². The summed E-state index contributed by atoms with van der Waals surface area (Å²) < 4.78 is 26.7. The highest BCUT2D eigenvalue weighted by Crippen LogP contribution is 2.33. The molecule has 5 rings (SSSR count). The van der Waals surface area contributed by atoms with Gasteiger partial charge >= 0.3 is 0 Å². The van der Waals surface area contributed by atoms with Crippen LogP contribution in [0.1, 0.15) is 42.7 Å². The Balaban J connectivity index is 1.07. The van der Waals surface area contributed by atoms with Crippen molar-refractivity contribution in [1.29, 1.82) is 0 Å². The number of piperidine rings is 2. The topological polar surface area (TPSA) is 59.6 Å². The summed E-state index contributed by atoms with van der Waals surface area (Å²) in [5.74, 6) is -0.799. The van der Waals surface area contributed by atoms with Crippen LogP contribution in [-0.2, 0) is 4.79 Å². The quantitative estimate of drug-likeness (QED) is 0.479. The van der Waals surface area contributed by atoms with E-state index in [2.05, 4.69) is 40.3 Å². The lowest BCUT2D eigenvalue weighted by atomic mass is 9.87. The standard InChI is InChI=1S/C29H33F2N3O2/c30-23-15-20(16-24(31)17-23)5-6-29(36)34-13-9-22(10-14-34)28(35)19-33-11-7-21(8-12-33)26-18-32-27-4-2-1-3-25(26)27/h1-6,15-18,21-22,28,32,35H,7-14,19H2. The predicted octanol–water partition coefficient (Wildman–Crippen LogP) is 4.94. The Morgan fingerprint density at radius 2 is 1.72 bits per heavy atom. The number of nitrogens with zero attached hydrogens (tertiary/aromatic N) is 2. The average Bonchev–Trinajstić information content (AvgIpc) is 3.31. The van der Waals surface area contributed by atoms with Gasteiger partial charge in [0, 0.05) is 48.9 Å². The molecule has 0 saturated carbocycles. The number of aliphatic hydroxyl groups is 1. The zero-order valence-corrected chi connectivity index (χ0v) is 20.4. The Hall–Kier alpha value is -3.03. The molecule has 1 atom stereocenters. The van der Waals surface area contributed by atoms with E-state index >= 15 is 0 Å². The monoisotopic (exact) mass is 493 g/mol. The Kier molecular flexibility index (Phi) is 7.48. The Labute approximate surface area is 210 Å². The molecule has 2 aliphatic rings. The SMILES string of the molecule is O=C(C=Cc1cc(F)cc(F)c1)N1CCC(C(O)CN2CCC(c3c[nH]c4ccccc34)CC2)CC1. The Morgan fingerprint density at radius 1 is 1.03 bits per heavy atom. The molecule has 2 saturated heterocycles. The molecule has 0 aliphatic carbocycles. The van der Waals surface area contributed by atoms with E-state index in [9.17, 15) is 18.7 Å². The minimum absolute atomic E-state index is 0.168. The number of halogens is 2. The van der Waals surface area contributed by atoms with Crippen LogP contribution in [0.25, 0.3) is 17.0 Å². The number of amides is 1. The minimum Gasteiger partial charge on any atom is -0.392 e. The summed E-state index contributed by atoms with van der Waals surface area (Å²) in [5, 5.41) is 12.2. The molecule has 1 aromatic heterocycles. The molecule has 5 nitrogen and oxygen atoms in total. The second kappa shape index (κ2) is 10.9. The lowest BCUT2D eigenvalue weighted by Gasteiger charge is -2.37. The number of para-hydroxylation sites is 1. The van der Waals surface area contributed by atoms with Gasteiger partial charge < -0.3 is 19.9 Å². The average molecular weight is 494 g/mol. The summed E-state index contributed by atoms with van der Waals surface area (Å²) in [5.41, 5.74) is 2.91. The second-order valence-electron chi connectivity index (χ2n) is 10.1.